The lowest BCUT2D eigenvalue weighted by molar-refractivity contribution is 0.0980. The van der Waals surface area contributed by atoms with Crippen LogP contribution in [-0.4, -0.2) is 54.6 Å². The molecule has 11 nitrogen and oxygen atoms in total. The molecule has 1 aliphatic heterocycles. The number of piperidine rings is 1. The van der Waals surface area contributed by atoms with Crippen molar-refractivity contribution in [2.45, 2.75) is 45.6 Å². The Morgan fingerprint density at radius 1 is 1.12 bits per heavy atom. The van der Waals surface area contributed by atoms with Crippen LogP contribution < -0.4 is 20.5 Å². The first-order chi connectivity index (χ1) is 19.6. The lowest BCUT2D eigenvalue weighted by Gasteiger charge is -2.32. The van der Waals surface area contributed by atoms with Gasteiger partial charge < -0.3 is 10.2 Å². The Morgan fingerprint density at radius 2 is 1.85 bits per heavy atom. The Balaban J connectivity index is 1.48. The molecule has 4 aromatic rings. The minimum Gasteiger partial charge on any atom is -0.377 e. The van der Waals surface area contributed by atoms with Crippen LogP contribution in [0.25, 0.3) is 10.9 Å². The van der Waals surface area contributed by atoms with E-state index in [2.05, 4.69) is 30.0 Å². The second-order valence-corrected chi connectivity index (χ2v) is 11.5. The number of pyridine rings is 1. The van der Waals surface area contributed by atoms with Crippen LogP contribution in [0.5, 0.6) is 0 Å². The maximum atomic E-state index is 13.6. The molecule has 1 saturated heterocycles. The fourth-order valence-corrected chi connectivity index (χ4v) is 5.76. The Bertz CT molecular complexity index is 1660. The highest BCUT2D eigenvalue weighted by Crippen LogP contribution is 2.31. The molecular formula is C28H34ClN9O2S. The van der Waals surface area contributed by atoms with Crippen molar-refractivity contribution in [1.29, 1.82) is 0 Å². The van der Waals surface area contributed by atoms with Gasteiger partial charge in [0.15, 0.2) is 11.5 Å². The summed E-state index contributed by atoms with van der Waals surface area (Å²) in [7, 11) is 3.69. The van der Waals surface area contributed by atoms with Crippen molar-refractivity contribution in [2.24, 2.45) is 14.1 Å². The van der Waals surface area contributed by atoms with Crippen molar-refractivity contribution in [2.75, 3.05) is 29.6 Å². The van der Waals surface area contributed by atoms with Crippen LogP contribution >= 0.6 is 23.5 Å². The van der Waals surface area contributed by atoms with Gasteiger partial charge in [-0.25, -0.2) is 15.0 Å². The molecule has 1 aliphatic rings. The average Bonchev–Trinajstić information content (AvgIpc) is 3.29. The Kier molecular flexibility index (Phi) is 8.23. The van der Waals surface area contributed by atoms with Gasteiger partial charge in [0.25, 0.3) is 11.5 Å². The predicted molar refractivity (Wildman–Crippen MR) is 164 cm³/mol. The summed E-state index contributed by atoms with van der Waals surface area (Å²) in [6.45, 7) is 7.38. The van der Waals surface area contributed by atoms with E-state index in [1.54, 1.807) is 30.0 Å². The third kappa shape index (κ3) is 5.76. The van der Waals surface area contributed by atoms with Crippen molar-refractivity contribution in [3.05, 3.63) is 68.2 Å². The molecule has 13 heteroatoms. The molecule has 216 valence electrons. The van der Waals surface area contributed by atoms with Gasteiger partial charge in [0.05, 0.1) is 22.6 Å². The molecule has 0 aliphatic carbocycles. The number of nitrogens with zero attached hydrogens (tertiary/aromatic N) is 7. The summed E-state index contributed by atoms with van der Waals surface area (Å²) in [5, 5.41) is 8.77. The van der Waals surface area contributed by atoms with E-state index in [1.165, 1.54) is 11.9 Å². The van der Waals surface area contributed by atoms with Gasteiger partial charge in [0.2, 0.25) is 5.95 Å². The number of fused-ring (bicyclic) bond motifs is 1. The second kappa shape index (κ2) is 11.7. The number of halogens is 1. The SMILES string of the molecule is CSNC(=O)c1nc(Cl)ccc1NC(C)c1cc(C)cc2c(=O)n(C)c(N3CCC(c4nc(C)n(C)n4)CC3)nc12. The Labute approximate surface area is 247 Å². The first-order valence-corrected chi connectivity index (χ1v) is 15.1. The third-order valence-electron chi connectivity index (χ3n) is 7.58. The average molecular weight is 596 g/mol. The Morgan fingerprint density at radius 3 is 2.51 bits per heavy atom. The zero-order chi connectivity index (χ0) is 29.4. The molecule has 1 amide bonds. The van der Waals surface area contributed by atoms with E-state index >= 15 is 0 Å². The maximum Gasteiger partial charge on any atom is 0.281 e. The maximum absolute atomic E-state index is 13.6. The minimum absolute atomic E-state index is 0.0977. The van der Waals surface area contributed by atoms with E-state index in [0.29, 0.717) is 22.5 Å². The molecule has 41 heavy (non-hydrogen) atoms. The zero-order valence-corrected chi connectivity index (χ0v) is 25.6. The molecule has 0 spiro atoms. The number of hydrogen-bond donors (Lipinski definition) is 2. The number of aryl methyl sites for hydroxylation is 3. The fraction of sp³-hybridized carbons (Fsp3) is 0.429. The van der Waals surface area contributed by atoms with Crippen LogP contribution in [0, 0.1) is 13.8 Å². The highest BCUT2D eigenvalue weighted by Gasteiger charge is 2.27. The van der Waals surface area contributed by atoms with Crippen LogP contribution in [0.15, 0.2) is 29.1 Å². The summed E-state index contributed by atoms with van der Waals surface area (Å²) in [4.78, 5) is 42.4. The van der Waals surface area contributed by atoms with Crippen LogP contribution in [0.2, 0.25) is 5.15 Å². The van der Waals surface area contributed by atoms with Gasteiger partial charge in [-0.1, -0.05) is 29.6 Å². The van der Waals surface area contributed by atoms with E-state index in [1.807, 2.05) is 44.6 Å². The third-order valence-corrected chi connectivity index (χ3v) is 8.18. The molecule has 3 aromatic heterocycles. The van der Waals surface area contributed by atoms with Gasteiger partial charge in [-0.2, -0.15) is 5.10 Å². The van der Waals surface area contributed by atoms with Gasteiger partial charge in [-0.15, -0.1) is 0 Å². The first-order valence-electron chi connectivity index (χ1n) is 13.5. The lowest BCUT2D eigenvalue weighted by Crippen LogP contribution is -2.38. The van der Waals surface area contributed by atoms with Gasteiger partial charge in [-0.05, 0) is 57.4 Å². The highest BCUT2D eigenvalue weighted by atomic mass is 35.5. The molecular weight excluding hydrogens is 562 g/mol. The van der Waals surface area contributed by atoms with Gasteiger partial charge in [0.1, 0.15) is 11.0 Å². The normalized spacial score (nSPS) is 14.9. The van der Waals surface area contributed by atoms with Gasteiger partial charge in [0, 0.05) is 44.9 Å². The summed E-state index contributed by atoms with van der Waals surface area (Å²) in [6, 6.07) is 6.99. The van der Waals surface area contributed by atoms with Crippen molar-refractivity contribution in [3.8, 4) is 0 Å². The molecule has 1 aromatic carbocycles. The van der Waals surface area contributed by atoms with E-state index in [0.717, 1.165) is 48.7 Å². The standard InChI is InChI=1S/C28H34ClN9O2S/c1-15-13-19(16(2)30-21-7-8-22(29)32-24(21)26(39)35-41-6)23-20(14-15)27(40)36(4)28(33-23)38-11-9-18(10-12-38)25-31-17(3)37(5)34-25/h7-8,13-14,16,18,30H,9-12H2,1-6H3,(H,35,39). The van der Waals surface area contributed by atoms with Crippen LogP contribution in [-0.2, 0) is 14.1 Å². The predicted octanol–water partition coefficient (Wildman–Crippen LogP) is 4.29. The van der Waals surface area contributed by atoms with Crippen LogP contribution in [0.1, 0.15) is 65.0 Å². The summed E-state index contributed by atoms with van der Waals surface area (Å²) < 4.78 is 6.15. The number of rotatable bonds is 7. The monoisotopic (exact) mass is 595 g/mol. The molecule has 1 atom stereocenters. The number of anilines is 2. The Hall–Kier alpha value is -3.64. The fourth-order valence-electron chi connectivity index (χ4n) is 5.33. The molecule has 0 bridgehead atoms. The van der Waals surface area contributed by atoms with Crippen molar-refractivity contribution in [1.82, 2.24) is 34.0 Å². The quantitative estimate of drug-likeness (QED) is 0.238. The lowest BCUT2D eigenvalue weighted by atomic mass is 9.96. The first kappa shape index (κ1) is 28.9. The summed E-state index contributed by atoms with van der Waals surface area (Å²) in [5.74, 6) is 2.34. The topological polar surface area (TPSA) is 123 Å². The summed E-state index contributed by atoms with van der Waals surface area (Å²) >= 11 is 7.29. The summed E-state index contributed by atoms with van der Waals surface area (Å²) in [5.41, 5.74) is 3.07. The minimum atomic E-state index is -0.349. The molecule has 0 radical (unpaired) electrons. The largest absolute Gasteiger partial charge is 0.377 e. The number of amides is 1. The van der Waals surface area contributed by atoms with Crippen LogP contribution in [0.3, 0.4) is 0 Å². The molecule has 1 unspecified atom stereocenters. The van der Waals surface area contributed by atoms with Crippen LogP contribution in [0.4, 0.5) is 11.6 Å². The molecule has 0 saturated carbocycles. The van der Waals surface area contributed by atoms with Crippen molar-refractivity contribution in [3.63, 3.8) is 0 Å². The number of benzene rings is 1. The van der Waals surface area contributed by atoms with E-state index in [9.17, 15) is 9.59 Å². The number of aromatic nitrogens is 6. The van der Waals surface area contributed by atoms with Gasteiger partial charge >= 0.3 is 0 Å². The van der Waals surface area contributed by atoms with Gasteiger partial charge in [-0.3, -0.25) is 23.6 Å². The second-order valence-electron chi connectivity index (χ2n) is 10.5. The van der Waals surface area contributed by atoms with E-state index < -0.39 is 0 Å². The number of carbonyl (C=O) groups is 1. The van der Waals surface area contributed by atoms with Crippen molar-refractivity contribution < 1.29 is 4.79 Å². The van der Waals surface area contributed by atoms with E-state index in [4.69, 9.17) is 16.6 Å². The smallest absolute Gasteiger partial charge is 0.281 e. The number of hydrogen-bond acceptors (Lipinski definition) is 9. The molecule has 5 rings (SSSR count). The number of carbonyl (C=O) groups excluding carboxylic acids is 1. The molecule has 4 heterocycles. The highest BCUT2D eigenvalue weighted by molar-refractivity contribution is 7.97. The van der Waals surface area contributed by atoms with Crippen molar-refractivity contribution >= 4 is 52.0 Å². The molecule has 1 fully saturated rings. The zero-order valence-electron chi connectivity index (χ0n) is 24.0. The van der Waals surface area contributed by atoms with E-state index in [-0.39, 0.29) is 34.3 Å². The number of nitrogens with one attached hydrogen (secondary N) is 2. The summed E-state index contributed by atoms with van der Waals surface area (Å²) in [6.07, 6.45) is 3.51. The molecule has 2 N–H and O–H groups in total.